The van der Waals surface area contributed by atoms with Gasteiger partial charge in [0, 0.05) is 30.6 Å². The second-order valence-electron chi connectivity index (χ2n) is 9.91. The minimum Gasteiger partial charge on any atom is -0.390 e. The van der Waals surface area contributed by atoms with Gasteiger partial charge in [0.25, 0.3) is 0 Å². The van der Waals surface area contributed by atoms with Gasteiger partial charge in [-0.05, 0) is 82.5 Å². The molecule has 5 saturated carbocycles. The van der Waals surface area contributed by atoms with Crippen LogP contribution in [0.1, 0.15) is 71.1 Å². The lowest BCUT2D eigenvalue weighted by Crippen LogP contribution is -2.64. The summed E-state index contributed by atoms with van der Waals surface area (Å²) in [5.74, 6) is 2.51. The van der Waals surface area contributed by atoms with E-state index in [2.05, 4.69) is 17.1 Å². The van der Waals surface area contributed by atoms with Crippen molar-refractivity contribution in [2.24, 2.45) is 17.8 Å². The highest BCUT2D eigenvalue weighted by atomic mass is 16.3. The first-order chi connectivity index (χ1) is 11.5. The molecule has 2 N–H and O–H groups in total. The molecule has 5 aliphatic carbocycles. The molecular formula is C20H32N2O2. The van der Waals surface area contributed by atoms with Crippen LogP contribution in [0, 0.1) is 17.8 Å². The largest absolute Gasteiger partial charge is 0.390 e. The highest BCUT2D eigenvalue weighted by Crippen LogP contribution is 2.57. The van der Waals surface area contributed by atoms with Gasteiger partial charge in [0.05, 0.1) is 5.60 Å². The van der Waals surface area contributed by atoms with Crippen molar-refractivity contribution < 1.29 is 9.90 Å². The quantitative estimate of drug-likeness (QED) is 0.831. The van der Waals surface area contributed by atoms with Crippen LogP contribution >= 0.6 is 0 Å². The van der Waals surface area contributed by atoms with Crippen LogP contribution in [0.4, 0.5) is 0 Å². The molecule has 0 radical (unpaired) electrons. The molecule has 6 fully saturated rings. The number of carbonyl (C=O) groups excluding carboxylic acids is 1. The molecule has 0 spiro atoms. The van der Waals surface area contributed by atoms with Crippen LogP contribution in [0.15, 0.2) is 0 Å². The Bertz CT molecular complexity index is 532. The normalized spacial score (nSPS) is 51.6. The van der Waals surface area contributed by atoms with E-state index in [0.29, 0.717) is 36.2 Å². The number of nitrogens with zero attached hydrogens (tertiary/aromatic N) is 1. The molecule has 24 heavy (non-hydrogen) atoms. The van der Waals surface area contributed by atoms with Gasteiger partial charge in [0.1, 0.15) is 0 Å². The van der Waals surface area contributed by atoms with Gasteiger partial charge in [0.2, 0.25) is 5.91 Å². The lowest BCUT2D eigenvalue weighted by molar-refractivity contribution is -0.143. The van der Waals surface area contributed by atoms with Crippen LogP contribution in [0.5, 0.6) is 0 Å². The van der Waals surface area contributed by atoms with E-state index >= 15 is 0 Å². The Hall–Kier alpha value is -0.610. The maximum atomic E-state index is 12.7. The number of likely N-dealkylation sites (tertiary alicyclic amines) is 1. The standard InChI is InChI=1S/C20H32N2O2/c1-13-16-2-3-17(7-16)22(13)18(23)4-5-21-19-8-14-6-15(9-19)11-20(24,10-14)12-19/h13-17,21,24H,2-12H2,1H3/t13-,14?,15?,16?,17?,19?,20?/m1/s1. The zero-order valence-electron chi connectivity index (χ0n) is 15.0. The highest BCUT2D eigenvalue weighted by Gasteiger charge is 2.57. The molecule has 4 heteroatoms. The Morgan fingerprint density at radius 3 is 2.54 bits per heavy atom. The third-order valence-electron chi connectivity index (χ3n) is 8.12. The molecule has 6 bridgehead atoms. The number of carbonyl (C=O) groups is 1. The fourth-order valence-electron chi connectivity index (χ4n) is 7.66. The Morgan fingerprint density at radius 2 is 1.92 bits per heavy atom. The van der Waals surface area contributed by atoms with Gasteiger partial charge >= 0.3 is 0 Å². The van der Waals surface area contributed by atoms with Crippen LogP contribution in [0.25, 0.3) is 0 Å². The van der Waals surface area contributed by atoms with Crippen LogP contribution in [-0.4, -0.2) is 45.7 Å². The Kier molecular flexibility index (Phi) is 3.39. The van der Waals surface area contributed by atoms with Crippen molar-refractivity contribution >= 4 is 5.91 Å². The Labute approximate surface area is 145 Å². The molecule has 6 rings (SSSR count). The summed E-state index contributed by atoms with van der Waals surface area (Å²) in [6.07, 6.45) is 11.1. The first kappa shape index (κ1) is 15.6. The highest BCUT2D eigenvalue weighted by molar-refractivity contribution is 5.77. The van der Waals surface area contributed by atoms with Gasteiger partial charge in [0.15, 0.2) is 0 Å². The van der Waals surface area contributed by atoms with E-state index in [-0.39, 0.29) is 5.54 Å². The number of piperidine rings is 1. The molecule has 0 aromatic heterocycles. The number of amides is 1. The van der Waals surface area contributed by atoms with Crippen LogP contribution in [0.3, 0.4) is 0 Å². The SMILES string of the molecule is C[C@@H]1C2CCC(C2)N1C(=O)CCNC12CC3CC(CC(O)(C3)C1)C2. The summed E-state index contributed by atoms with van der Waals surface area (Å²) in [4.78, 5) is 14.9. The Balaban J connectivity index is 1.19. The molecule has 0 aromatic rings. The number of nitrogens with one attached hydrogen (secondary N) is 1. The summed E-state index contributed by atoms with van der Waals surface area (Å²) in [7, 11) is 0. The molecular weight excluding hydrogens is 300 g/mol. The summed E-state index contributed by atoms with van der Waals surface area (Å²) < 4.78 is 0. The maximum absolute atomic E-state index is 12.7. The van der Waals surface area contributed by atoms with E-state index in [1.807, 2.05) is 0 Å². The van der Waals surface area contributed by atoms with Crippen molar-refractivity contribution in [1.29, 1.82) is 0 Å². The molecule has 134 valence electrons. The molecule has 1 aliphatic heterocycles. The predicted molar refractivity (Wildman–Crippen MR) is 92.4 cm³/mol. The van der Waals surface area contributed by atoms with Gasteiger partial charge in [-0.25, -0.2) is 0 Å². The zero-order valence-corrected chi connectivity index (χ0v) is 15.0. The summed E-state index contributed by atoms with van der Waals surface area (Å²) in [6.45, 7) is 3.03. The molecule has 1 amide bonds. The predicted octanol–water partition coefficient (Wildman–Crippen LogP) is 2.45. The third-order valence-corrected chi connectivity index (χ3v) is 8.12. The van der Waals surface area contributed by atoms with Gasteiger partial charge in [-0.3, -0.25) is 4.79 Å². The van der Waals surface area contributed by atoms with E-state index in [1.165, 1.54) is 38.5 Å². The number of fused-ring (bicyclic) bond motifs is 2. The first-order valence-corrected chi connectivity index (χ1v) is 10.2. The van der Waals surface area contributed by atoms with E-state index in [1.54, 1.807) is 0 Å². The van der Waals surface area contributed by atoms with Crippen LogP contribution < -0.4 is 5.32 Å². The molecule has 1 saturated heterocycles. The van der Waals surface area contributed by atoms with Gasteiger partial charge < -0.3 is 15.3 Å². The van der Waals surface area contributed by atoms with Crippen molar-refractivity contribution in [3.63, 3.8) is 0 Å². The Morgan fingerprint density at radius 1 is 1.17 bits per heavy atom. The second-order valence-corrected chi connectivity index (χ2v) is 9.91. The summed E-state index contributed by atoms with van der Waals surface area (Å²) in [6, 6.07) is 0.981. The van der Waals surface area contributed by atoms with Gasteiger partial charge in [-0.1, -0.05) is 0 Å². The smallest absolute Gasteiger partial charge is 0.224 e. The van der Waals surface area contributed by atoms with Crippen molar-refractivity contribution in [1.82, 2.24) is 10.2 Å². The average molecular weight is 332 g/mol. The summed E-state index contributed by atoms with van der Waals surface area (Å²) in [5, 5.41) is 14.6. The maximum Gasteiger partial charge on any atom is 0.224 e. The zero-order chi connectivity index (χ0) is 16.5. The van der Waals surface area contributed by atoms with Crippen LogP contribution in [0.2, 0.25) is 0 Å². The monoisotopic (exact) mass is 332 g/mol. The summed E-state index contributed by atoms with van der Waals surface area (Å²) in [5.41, 5.74) is -0.293. The van der Waals surface area contributed by atoms with E-state index in [0.717, 1.165) is 31.7 Å². The lowest BCUT2D eigenvalue weighted by atomic mass is 9.51. The number of hydrogen-bond donors (Lipinski definition) is 2. The van der Waals surface area contributed by atoms with Crippen molar-refractivity contribution in [3.05, 3.63) is 0 Å². The van der Waals surface area contributed by atoms with E-state index < -0.39 is 5.60 Å². The lowest BCUT2D eigenvalue weighted by Gasteiger charge is -2.60. The van der Waals surface area contributed by atoms with Gasteiger partial charge in [-0.15, -0.1) is 0 Å². The number of hydrogen-bond acceptors (Lipinski definition) is 3. The molecule has 6 aliphatic rings. The van der Waals surface area contributed by atoms with E-state index in [4.69, 9.17) is 0 Å². The first-order valence-electron chi connectivity index (χ1n) is 10.2. The average Bonchev–Trinajstić information content (AvgIpc) is 3.04. The molecule has 4 unspecified atom stereocenters. The summed E-state index contributed by atoms with van der Waals surface area (Å²) >= 11 is 0. The fraction of sp³-hybridized carbons (Fsp3) is 0.950. The van der Waals surface area contributed by atoms with Crippen molar-refractivity contribution in [2.75, 3.05) is 6.54 Å². The minimum absolute atomic E-state index is 0.120. The third kappa shape index (κ3) is 2.36. The number of aliphatic hydroxyl groups is 1. The van der Waals surface area contributed by atoms with Gasteiger partial charge in [-0.2, -0.15) is 0 Å². The molecule has 0 aromatic carbocycles. The topological polar surface area (TPSA) is 52.6 Å². The molecule has 1 heterocycles. The van der Waals surface area contributed by atoms with Crippen LogP contribution in [-0.2, 0) is 4.79 Å². The van der Waals surface area contributed by atoms with E-state index in [9.17, 15) is 9.90 Å². The minimum atomic E-state index is -0.413. The number of rotatable bonds is 4. The molecule has 5 atom stereocenters. The fourth-order valence-corrected chi connectivity index (χ4v) is 7.66. The second kappa shape index (κ2) is 5.20. The molecule has 4 nitrogen and oxygen atoms in total. The van der Waals surface area contributed by atoms with Crippen molar-refractivity contribution in [2.45, 2.75) is 94.4 Å². The van der Waals surface area contributed by atoms with Crippen molar-refractivity contribution in [3.8, 4) is 0 Å².